The second kappa shape index (κ2) is 7.83. The molecule has 0 aliphatic rings. The maximum Gasteiger partial charge on any atom is 0.252 e. The van der Waals surface area contributed by atoms with Gasteiger partial charge in [0.05, 0.1) is 21.6 Å². The minimum atomic E-state index is -1.09. The van der Waals surface area contributed by atoms with E-state index < -0.39 is 5.54 Å². The number of aromatic nitrogens is 3. The zero-order valence-electron chi connectivity index (χ0n) is 15.0. The number of nitrogens with two attached hydrogens (primary N) is 1. The molecule has 1 unspecified atom stereocenters. The van der Waals surface area contributed by atoms with Gasteiger partial charge in [-0.05, 0) is 32.0 Å². The number of nitrogens with one attached hydrogen (secondary N) is 1. The maximum atomic E-state index is 12.7. The predicted molar refractivity (Wildman–Crippen MR) is 116 cm³/mol. The fourth-order valence-corrected chi connectivity index (χ4v) is 3.36. The van der Waals surface area contributed by atoms with Gasteiger partial charge in [0.2, 0.25) is 0 Å². The molecule has 0 spiro atoms. The van der Waals surface area contributed by atoms with E-state index >= 15 is 0 Å². The zero-order valence-corrected chi connectivity index (χ0v) is 18.0. The van der Waals surface area contributed by atoms with Crippen LogP contribution in [0.3, 0.4) is 0 Å². The molecule has 0 aliphatic heterocycles. The molecule has 3 N–H and O–H groups in total. The topological polar surface area (TPSA) is 85.8 Å². The van der Waals surface area contributed by atoms with E-state index in [9.17, 15) is 4.79 Å². The first-order valence-corrected chi connectivity index (χ1v) is 9.72. The molecule has 3 rings (SSSR count). The number of benzene rings is 2. The Bertz CT molecular complexity index is 1080. The van der Waals surface area contributed by atoms with Crippen molar-refractivity contribution in [1.29, 1.82) is 0 Å². The van der Waals surface area contributed by atoms with Gasteiger partial charge in [0.15, 0.2) is 0 Å². The number of aryl methyl sites for hydroxylation is 1. The van der Waals surface area contributed by atoms with Gasteiger partial charge in [-0.2, -0.15) is 15.0 Å². The van der Waals surface area contributed by atoms with Crippen molar-refractivity contribution in [2.24, 2.45) is 5.73 Å². The number of hydrogen-bond acceptors (Lipinski definition) is 4. The Kier molecular flexibility index (Phi) is 5.82. The second-order valence-corrected chi connectivity index (χ2v) is 8.23. The van der Waals surface area contributed by atoms with Gasteiger partial charge in [0.25, 0.3) is 5.91 Å². The van der Waals surface area contributed by atoms with Crippen molar-refractivity contribution < 1.29 is 4.79 Å². The molecule has 10 heteroatoms. The third kappa shape index (κ3) is 4.07. The lowest BCUT2D eigenvalue weighted by Crippen LogP contribution is -2.57. The summed E-state index contributed by atoms with van der Waals surface area (Å²) in [6.45, 7) is 3.72. The Hall–Kier alpha value is -1.93. The third-order valence-electron chi connectivity index (χ3n) is 4.26. The molecule has 6 nitrogen and oxygen atoms in total. The lowest BCUT2D eigenvalue weighted by Gasteiger charge is -2.29. The second-order valence-electron chi connectivity index (χ2n) is 6.60. The fourth-order valence-electron chi connectivity index (χ4n) is 2.57. The molecule has 28 heavy (non-hydrogen) atoms. The molecule has 0 bridgehead atoms. The Balaban J connectivity index is 1.92. The van der Waals surface area contributed by atoms with Crippen LogP contribution in [0, 0.1) is 6.92 Å². The minimum Gasteiger partial charge on any atom is -0.391 e. The summed E-state index contributed by atoms with van der Waals surface area (Å²) < 4.78 is 0. The van der Waals surface area contributed by atoms with Crippen LogP contribution in [-0.4, -0.2) is 31.4 Å². The summed E-state index contributed by atoms with van der Waals surface area (Å²) in [6.07, 6.45) is 0. The molecule has 1 heterocycles. The van der Waals surface area contributed by atoms with E-state index in [-0.39, 0.29) is 27.5 Å². The molecule has 2 aromatic carbocycles. The van der Waals surface area contributed by atoms with Crippen LogP contribution in [0.15, 0.2) is 30.3 Å². The molecule has 0 fully saturated rings. The van der Waals surface area contributed by atoms with Crippen LogP contribution in [0.25, 0.3) is 11.0 Å². The summed E-state index contributed by atoms with van der Waals surface area (Å²) in [4.78, 5) is 14.1. The van der Waals surface area contributed by atoms with Crippen molar-refractivity contribution in [3.63, 3.8) is 0 Å². The average molecular weight is 457 g/mol. The number of carbonyl (C=O) groups is 1. The first kappa shape index (κ1) is 20.8. The molecular weight excluding hydrogens is 441 g/mol. The van der Waals surface area contributed by atoms with E-state index in [1.54, 1.807) is 19.1 Å². The monoisotopic (exact) mass is 455 g/mol. The summed E-state index contributed by atoms with van der Waals surface area (Å²) in [7, 11) is 0. The van der Waals surface area contributed by atoms with Gasteiger partial charge in [-0.15, -0.1) is 0 Å². The number of thiocarbonyl (C=S) groups is 1. The molecule has 1 amide bonds. The lowest BCUT2D eigenvalue weighted by atomic mass is 10.0. The van der Waals surface area contributed by atoms with Crippen LogP contribution in [0.1, 0.15) is 22.8 Å². The number of nitrogens with zero attached hydrogens (tertiary/aromatic N) is 3. The maximum absolute atomic E-state index is 12.7. The molecule has 146 valence electrons. The summed E-state index contributed by atoms with van der Waals surface area (Å²) >= 11 is 23.6. The van der Waals surface area contributed by atoms with E-state index in [2.05, 4.69) is 15.5 Å². The van der Waals surface area contributed by atoms with Crippen LogP contribution in [0.2, 0.25) is 15.1 Å². The van der Waals surface area contributed by atoms with Crippen LogP contribution in [-0.2, 0) is 6.54 Å². The Labute approximate surface area is 181 Å². The van der Waals surface area contributed by atoms with Crippen LogP contribution < -0.4 is 11.1 Å². The van der Waals surface area contributed by atoms with E-state index in [0.717, 1.165) is 5.56 Å². The summed E-state index contributed by atoms with van der Waals surface area (Å²) in [5.74, 6) is -0.314. The molecule has 0 aliphatic carbocycles. The van der Waals surface area contributed by atoms with Crippen LogP contribution in [0.4, 0.5) is 0 Å². The van der Waals surface area contributed by atoms with Gasteiger partial charge in [-0.25, -0.2) is 0 Å². The molecule has 0 radical (unpaired) electrons. The fraction of sp³-hybridized carbons (Fsp3) is 0.222. The number of carbonyl (C=O) groups excluding carboxylic acids is 1. The van der Waals surface area contributed by atoms with Gasteiger partial charge in [-0.3, -0.25) is 4.79 Å². The minimum absolute atomic E-state index is 0.0822. The molecule has 3 aromatic rings. The molecule has 1 aromatic heterocycles. The van der Waals surface area contributed by atoms with Crippen molar-refractivity contribution in [3.05, 3.63) is 56.5 Å². The van der Waals surface area contributed by atoms with Crippen LogP contribution in [0.5, 0.6) is 0 Å². The first-order chi connectivity index (χ1) is 13.1. The highest BCUT2D eigenvalue weighted by Crippen LogP contribution is 2.33. The number of rotatable bonds is 5. The quantitative estimate of drug-likeness (QED) is 0.444. The predicted octanol–water partition coefficient (Wildman–Crippen LogP) is 4.17. The van der Waals surface area contributed by atoms with Crippen molar-refractivity contribution >= 4 is 68.9 Å². The van der Waals surface area contributed by atoms with Crippen molar-refractivity contribution in [2.45, 2.75) is 25.9 Å². The average Bonchev–Trinajstić information content (AvgIpc) is 3.04. The smallest absolute Gasteiger partial charge is 0.252 e. The standard InChI is InChI=1S/C18H16Cl3N5OS/c1-9-3-5-10(6-4-9)16(27)23-18(2,17(22)28)8-26-24-14-12(20)7-11(19)13(21)15(14)25-26/h3-7H,8H2,1-2H3,(H2,22,28)(H,23,27). The van der Waals surface area contributed by atoms with E-state index in [1.165, 1.54) is 10.9 Å². The number of amides is 1. The van der Waals surface area contributed by atoms with E-state index in [1.807, 2.05) is 19.1 Å². The Morgan fingerprint density at radius 1 is 1.18 bits per heavy atom. The molecule has 0 saturated carbocycles. The third-order valence-corrected chi connectivity index (χ3v) is 5.77. The zero-order chi connectivity index (χ0) is 20.6. The highest BCUT2D eigenvalue weighted by molar-refractivity contribution is 7.80. The normalized spacial score (nSPS) is 13.3. The molecular formula is C18H16Cl3N5OS. The molecule has 1 atom stereocenters. The summed E-state index contributed by atoms with van der Waals surface area (Å²) in [5, 5.41) is 12.4. The van der Waals surface area contributed by atoms with Gasteiger partial charge in [0, 0.05) is 5.56 Å². The molecule has 0 saturated heterocycles. The Morgan fingerprint density at radius 3 is 2.39 bits per heavy atom. The van der Waals surface area contributed by atoms with Crippen molar-refractivity contribution in [3.8, 4) is 0 Å². The first-order valence-electron chi connectivity index (χ1n) is 8.18. The Morgan fingerprint density at radius 2 is 1.79 bits per heavy atom. The number of fused-ring (bicyclic) bond motifs is 1. The van der Waals surface area contributed by atoms with Crippen molar-refractivity contribution in [1.82, 2.24) is 20.3 Å². The van der Waals surface area contributed by atoms with Gasteiger partial charge < -0.3 is 11.1 Å². The van der Waals surface area contributed by atoms with Crippen LogP contribution >= 0.6 is 47.0 Å². The van der Waals surface area contributed by atoms with Gasteiger partial charge >= 0.3 is 0 Å². The largest absolute Gasteiger partial charge is 0.391 e. The van der Waals surface area contributed by atoms with Gasteiger partial charge in [-0.1, -0.05) is 64.7 Å². The summed E-state index contributed by atoms with van der Waals surface area (Å²) in [6, 6.07) is 8.66. The highest BCUT2D eigenvalue weighted by Gasteiger charge is 2.32. The number of hydrogen-bond donors (Lipinski definition) is 2. The lowest BCUT2D eigenvalue weighted by molar-refractivity contribution is 0.0920. The highest BCUT2D eigenvalue weighted by atomic mass is 35.5. The summed E-state index contributed by atoms with van der Waals surface area (Å²) in [5.41, 5.74) is 7.12. The van der Waals surface area contributed by atoms with Crippen molar-refractivity contribution in [2.75, 3.05) is 0 Å². The number of halogens is 3. The van der Waals surface area contributed by atoms with E-state index in [0.29, 0.717) is 21.6 Å². The SMILES string of the molecule is Cc1ccc(C(=O)NC(C)(Cn2nc3c(Cl)cc(Cl)c(Cl)c3n2)C(N)=S)cc1. The van der Waals surface area contributed by atoms with E-state index in [4.69, 9.17) is 52.8 Å². The van der Waals surface area contributed by atoms with Gasteiger partial charge in [0.1, 0.15) is 21.6 Å².